The summed E-state index contributed by atoms with van der Waals surface area (Å²) in [6, 6.07) is 0. The Morgan fingerprint density at radius 3 is 2.55 bits per heavy atom. The van der Waals surface area contributed by atoms with Crippen LogP contribution >= 0.6 is 0 Å². The lowest BCUT2D eigenvalue weighted by molar-refractivity contribution is -0.127. The van der Waals surface area contributed by atoms with E-state index in [0.717, 1.165) is 0 Å². The first-order valence-electron chi connectivity index (χ1n) is 5.25. The molecule has 3 N–H and O–H groups in total. The molecule has 20 heavy (non-hydrogen) atoms. The van der Waals surface area contributed by atoms with Crippen molar-refractivity contribution in [2.75, 3.05) is 0 Å². The zero-order valence-corrected chi connectivity index (χ0v) is 9.95. The summed E-state index contributed by atoms with van der Waals surface area (Å²) < 4.78 is 37.6. The first-order valence-corrected chi connectivity index (χ1v) is 5.25. The second-order valence-corrected chi connectivity index (χ2v) is 4.07. The smallest absolute Gasteiger partial charge is 0.393 e. The van der Waals surface area contributed by atoms with Crippen LogP contribution in [0.2, 0.25) is 0 Å². The second kappa shape index (κ2) is 4.25. The van der Waals surface area contributed by atoms with Crippen molar-refractivity contribution in [1.29, 1.82) is 0 Å². The van der Waals surface area contributed by atoms with Gasteiger partial charge in [0.1, 0.15) is 5.56 Å². The minimum Gasteiger partial charge on any atom is -0.493 e. The average molecular weight is 291 g/mol. The van der Waals surface area contributed by atoms with Crippen LogP contribution in [0, 0.1) is 6.92 Å². The molecule has 0 atom stereocenters. The number of carbonyl (C=O) groups is 1. The number of aromatic nitrogens is 3. The average Bonchev–Trinajstić information content (AvgIpc) is 2.60. The number of carboxylic acids is 1. The van der Waals surface area contributed by atoms with Gasteiger partial charge in [0.25, 0.3) is 5.56 Å². The topological polar surface area (TPSA) is 108 Å². The Labute approximate surface area is 108 Å². The highest BCUT2D eigenvalue weighted by molar-refractivity contribution is 5.95. The standard InChI is InChI=1S/C10H8F3N3O4/c1-3-5(9(19)20)6-14-7(17)4(2-10(11,12)13)8(18)16(6)15-3/h18H,2H2,1H3,(H,14,17)(H,19,20). The molecule has 0 bridgehead atoms. The van der Waals surface area contributed by atoms with Crippen LogP contribution in [0.4, 0.5) is 13.2 Å². The van der Waals surface area contributed by atoms with Crippen molar-refractivity contribution < 1.29 is 28.2 Å². The molecule has 0 aromatic carbocycles. The normalized spacial score (nSPS) is 12.0. The van der Waals surface area contributed by atoms with Gasteiger partial charge in [0.15, 0.2) is 5.65 Å². The van der Waals surface area contributed by atoms with Gasteiger partial charge in [-0.15, -0.1) is 0 Å². The number of aryl methyl sites for hydroxylation is 1. The number of aromatic amines is 1. The van der Waals surface area contributed by atoms with Gasteiger partial charge in [0.05, 0.1) is 17.7 Å². The zero-order chi connectivity index (χ0) is 15.2. The summed E-state index contributed by atoms with van der Waals surface area (Å²) in [5.41, 5.74) is -2.95. The number of halogens is 3. The van der Waals surface area contributed by atoms with Crippen LogP contribution in [0.25, 0.3) is 5.65 Å². The van der Waals surface area contributed by atoms with Gasteiger partial charge in [-0.2, -0.15) is 22.8 Å². The molecule has 0 unspecified atom stereocenters. The van der Waals surface area contributed by atoms with Gasteiger partial charge in [0, 0.05) is 0 Å². The lowest BCUT2D eigenvalue weighted by Gasteiger charge is -2.08. The summed E-state index contributed by atoms with van der Waals surface area (Å²) in [6.07, 6.45) is -6.35. The van der Waals surface area contributed by atoms with Crippen LogP contribution in [0.15, 0.2) is 4.79 Å². The van der Waals surface area contributed by atoms with Crippen molar-refractivity contribution in [2.24, 2.45) is 0 Å². The predicted molar refractivity (Wildman–Crippen MR) is 58.9 cm³/mol. The third kappa shape index (κ3) is 2.19. The molecule has 2 aromatic rings. The van der Waals surface area contributed by atoms with E-state index in [2.05, 4.69) is 5.10 Å². The molecular weight excluding hydrogens is 283 g/mol. The molecule has 0 saturated carbocycles. The van der Waals surface area contributed by atoms with E-state index in [0.29, 0.717) is 4.52 Å². The molecule has 108 valence electrons. The fourth-order valence-corrected chi connectivity index (χ4v) is 1.82. The molecule has 0 aliphatic carbocycles. The third-order valence-electron chi connectivity index (χ3n) is 2.63. The predicted octanol–water partition coefficient (Wildman–Crippen LogP) is 0.840. The van der Waals surface area contributed by atoms with Crippen LogP contribution in [-0.4, -0.2) is 37.0 Å². The molecular formula is C10H8F3N3O4. The lowest BCUT2D eigenvalue weighted by Crippen LogP contribution is -2.23. The first kappa shape index (κ1) is 13.9. The molecule has 0 radical (unpaired) electrons. The molecule has 0 aliphatic heterocycles. The van der Waals surface area contributed by atoms with Crippen LogP contribution in [0.3, 0.4) is 0 Å². The van der Waals surface area contributed by atoms with E-state index >= 15 is 0 Å². The number of alkyl halides is 3. The van der Waals surface area contributed by atoms with E-state index in [1.807, 2.05) is 4.98 Å². The fraction of sp³-hybridized carbons (Fsp3) is 0.300. The highest BCUT2D eigenvalue weighted by Gasteiger charge is 2.32. The minimum atomic E-state index is -4.70. The maximum atomic E-state index is 12.3. The zero-order valence-electron chi connectivity index (χ0n) is 9.95. The van der Waals surface area contributed by atoms with Crippen LogP contribution in [0.1, 0.15) is 21.6 Å². The molecule has 0 saturated heterocycles. The monoisotopic (exact) mass is 291 g/mol. The van der Waals surface area contributed by atoms with E-state index in [4.69, 9.17) is 5.11 Å². The second-order valence-electron chi connectivity index (χ2n) is 4.07. The van der Waals surface area contributed by atoms with E-state index in [1.165, 1.54) is 6.92 Å². The van der Waals surface area contributed by atoms with E-state index in [1.54, 1.807) is 0 Å². The Balaban J connectivity index is 2.79. The quantitative estimate of drug-likeness (QED) is 0.760. The number of nitrogens with zero attached hydrogens (tertiary/aromatic N) is 2. The number of fused-ring (bicyclic) bond motifs is 1. The summed E-state index contributed by atoms with van der Waals surface area (Å²) in [7, 11) is 0. The molecule has 2 heterocycles. The van der Waals surface area contributed by atoms with Crippen molar-refractivity contribution in [3.63, 3.8) is 0 Å². The lowest BCUT2D eigenvalue weighted by atomic mass is 10.2. The summed E-state index contributed by atoms with van der Waals surface area (Å²) in [6.45, 7) is 1.29. The summed E-state index contributed by atoms with van der Waals surface area (Å²) in [5.74, 6) is -2.45. The summed E-state index contributed by atoms with van der Waals surface area (Å²) >= 11 is 0. The SMILES string of the molecule is Cc1nn2c(O)c(CC(F)(F)F)c(=O)[nH]c2c1C(=O)O. The number of H-pyrrole nitrogens is 1. The van der Waals surface area contributed by atoms with E-state index in [9.17, 15) is 27.9 Å². The van der Waals surface area contributed by atoms with Crippen molar-refractivity contribution in [3.8, 4) is 5.88 Å². The molecule has 0 spiro atoms. The largest absolute Gasteiger partial charge is 0.493 e. The Morgan fingerprint density at radius 2 is 2.05 bits per heavy atom. The highest BCUT2D eigenvalue weighted by Crippen LogP contribution is 2.26. The first-order chi connectivity index (χ1) is 9.11. The number of aromatic carboxylic acids is 1. The third-order valence-corrected chi connectivity index (χ3v) is 2.63. The molecule has 0 aliphatic rings. The van der Waals surface area contributed by atoms with E-state index < -0.39 is 41.1 Å². The maximum absolute atomic E-state index is 12.3. The van der Waals surface area contributed by atoms with Crippen LogP contribution in [0.5, 0.6) is 5.88 Å². The van der Waals surface area contributed by atoms with Crippen LogP contribution < -0.4 is 5.56 Å². The Kier molecular flexibility index (Phi) is 2.95. The van der Waals surface area contributed by atoms with Crippen molar-refractivity contribution in [1.82, 2.24) is 14.6 Å². The van der Waals surface area contributed by atoms with Gasteiger partial charge in [-0.05, 0) is 6.92 Å². The van der Waals surface area contributed by atoms with Crippen molar-refractivity contribution in [3.05, 3.63) is 27.2 Å². The van der Waals surface area contributed by atoms with Crippen LogP contribution in [-0.2, 0) is 6.42 Å². The number of carboxylic acid groups (broad SMARTS) is 1. The maximum Gasteiger partial charge on any atom is 0.393 e. The van der Waals surface area contributed by atoms with Gasteiger partial charge in [-0.1, -0.05) is 0 Å². The number of rotatable bonds is 2. The minimum absolute atomic E-state index is 0.0485. The molecule has 2 rings (SSSR count). The Hall–Kier alpha value is -2.52. The van der Waals surface area contributed by atoms with Gasteiger partial charge in [-0.25, -0.2) is 4.79 Å². The highest BCUT2D eigenvalue weighted by atomic mass is 19.4. The molecule has 2 aromatic heterocycles. The molecule has 0 amide bonds. The Morgan fingerprint density at radius 1 is 1.45 bits per heavy atom. The number of hydrogen-bond donors (Lipinski definition) is 3. The molecule has 0 fully saturated rings. The fourth-order valence-electron chi connectivity index (χ4n) is 1.82. The number of hydrogen-bond acceptors (Lipinski definition) is 4. The van der Waals surface area contributed by atoms with Gasteiger partial charge in [-0.3, -0.25) is 4.79 Å². The van der Waals surface area contributed by atoms with E-state index in [-0.39, 0.29) is 11.3 Å². The molecule has 7 nitrogen and oxygen atoms in total. The summed E-state index contributed by atoms with van der Waals surface area (Å²) in [5, 5.41) is 22.3. The van der Waals surface area contributed by atoms with Gasteiger partial charge in [0.2, 0.25) is 5.88 Å². The summed E-state index contributed by atoms with van der Waals surface area (Å²) in [4.78, 5) is 24.6. The van der Waals surface area contributed by atoms with Crippen molar-refractivity contribution in [2.45, 2.75) is 19.5 Å². The van der Waals surface area contributed by atoms with Gasteiger partial charge < -0.3 is 15.2 Å². The number of aromatic hydroxyl groups is 1. The Bertz CT molecular complexity index is 760. The number of nitrogens with one attached hydrogen (secondary N) is 1. The molecule has 10 heteroatoms. The van der Waals surface area contributed by atoms with Gasteiger partial charge >= 0.3 is 12.1 Å². The van der Waals surface area contributed by atoms with Crippen molar-refractivity contribution >= 4 is 11.6 Å².